The Morgan fingerprint density at radius 2 is 1.91 bits per heavy atom. The molecule has 0 spiro atoms. The lowest BCUT2D eigenvalue weighted by Crippen LogP contribution is -2.36. The number of carbonyl (C=O) groups excluding carboxylic acids is 1. The van der Waals surface area contributed by atoms with Crippen LogP contribution in [-0.2, 0) is 4.79 Å². The van der Waals surface area contributed by atoms with E-state index in [1.807, 2.05) is 55.4 Å². The normalized spacial score (nSPS) is 19.3. The molecule has 2 heterocycles. The second-order valence-corrected chi connectivity index (χ2v) is 9.93. The lowest BCUT2D eigenvalue weighted by Gasteiger charge is -2.29. The van der Waals surface area contributed by atoms with Crippen molar-refractivity contribution in [3.05, 3.63) is 58.6 Å². The summed E-state index contributed by atoms with van der Waals surface area (Å²) in [6.45, 7) is 0.945. The second kappa shape index (κ2) is 10.1. The SMILES string of the molecule is CN(C)c1nc(NC2CCC(CNC(=O)C3=Cc4cc(Cl)ccc4OC3)CC2)nc2ccccc12. The van der Waals surface area contributed by atoms with Crippen molar-refractivity contribution in [3.8, 4) is 5.75 Å². The number of hydrogen-bond acceptors (Lipinski definition) is 6. The van der Waals surface area contributed by atoms with Gasteiger partial charge in [0.15, 0.2) is 0 Å². The van der Waals surface area contributed by atoms with Crippen LogP contribution < -0.4 is 20.3 Å². The van der Waals surface area contributed by atoms with Crippen molar-refractivity contribution in [2.45, 2.75) is 31.7 Å². The maximum Gasteiger partial charge on any atom is 0.250 e. The number of rotatable bonds is 6. The fourth-order valence-electron chi connectivity index (χ4n) is 4.79. The molecule has 0 saturated heterocycles. The third-order valence-electron chi connectivity index (χ3n) is 6.71. The van der Waals surface area contributed by atoms with Crippen molar-refractivity contribution in [3.63, 3.8) is 0 Å². The molecule has 7 nitrogen and oxygen atoms in total. The van der Waals surface area contributed by atoms with E-state index in [2.05, 4.69) is 16.7 Å². The number of fused-ring (bicyclic) bond motifs is 2. The molecule has 8 heteroatoms. The summed E-state index contributed by atoms with van der Waals surface area (Å²) < 4.78 is 5.71. The number of nitrogens with one attached hydrogen (secondary N) is 2. The Morgan fingerprint density at radius 1 is 1.11 bits per heavy atom. The average molecular weight is 492 g/mol. The molecule has 0 unspecified atom stereocenters. The van der Waals surface area contributed by atoms with E-state index in [0.29, 0.717) is 35.0 Å². The van der Waals surface area contributed by atoms with Crippen LogP contribution in [0.3, 0.4) is 0 Å². The summed E-state index contributed by atoms with van der Waals surface area (Å²) in [7, 11) is 4.00. The minimum Gasteiger partial charge on any atom is -0.488 e. The Morgan fingerprint density at radius 3 is 2.71 bits per heavy atom. The minimum atomic E-state index is -0.0725. The Labute approximate surface area is 210 Å². The smallest absolute Gasteiger partial charge is 0.250 e. The van der Waals surface area contributed by atoms with Gasteiger partial charge in [-0.15, -0.1) is 0 Å². The van der Waals surface area contributed by atoms with Crippen molar-refractivity contribution in [2.75, 3.05) is 37.5 Å². The lowest BCUT2D eigenvalue weighted by molar-refractivity contribution is -0.118. The highest BCUT2D eigenvalue weighted by molar-refractivity contribution is 6.30. The van der Waals surface area contributed by atoms with Crippen LogP contribution in [0.25, 0.3) is 17.0 Å². The number of benzene rings is 2. The van der Waals surface area contributed by atoms with Gasteiger partial charge in [-0.2, -0.15) is 4.98 Å². The van der Waals surface area contributed by atoms with E-state index in [9.17, 15) is 4.79 Å². The maximum absolute atomic E-state index is 12.7. The Balaban J connectivity index is 1.14. The number of ether oxygens (including phenoxy) is 1. The van der Waals surface area contributed by atoms with Gasteiger partial charge in [0.2, 0.25) is 5.95 Å². The van der Waals surface area contributed by atoms with Gasteiger partial charge < -0.3 is 20.3 Å². The zero-order valence-corrected chi connectivity index (χ0v) is 20.8. The van der Waals surface area contributed by atoms with Gasteiger partial charge in [0.25, 0.3) is 5.91 Å². The molecule has 1 aromatic heterocycles. The fourth-order valence-corrected chi connectivity index (χ4v) is 4.97. The number of amides is 1. The Kier molecular flexibility index (Phi) is 6.77. The van der Waals surface area contributed by atoms with Crippen molar-refractivity contribution >= 4 is 46.3 Å². The Bertz CT molecular complexity index is 1270. The van der Waals surface area contributed by atoms with Crippen LogP contribution >= 0.6 is 11.6 Å². The van der Waals surface area contributed by atoms with E-state index in [-0.39, 0.29) is 12.5 Å². The van der Waals surface area contributed by atoms with E-state index in [4.69, 9.17) is 26.3 Å². The number of nitrogens with zero attached hydrogens (tertiary/aromatic N) is 3. The van der Waals surface area contributed by atoms with E-state index < -0.39 is 0 Å². The lowest BCUT2D eigenvalue weighted by atomic mass is 9.86. The quantitative estimate of drug-likeness (QED) is 0.510. The summed E-state index contributed by atoms with van der Waals surface area (Å²) in [5, 5.41) is 8.32. The first-order valence-electron chi connectivity index (χ1n) is 12.1. The standard InChI is InChI=1S/C27H30ClN5O2/c1-33(2)25-22-5-3-4-6-23(22)31-27(32-25)30-21-10-7-17(8-11-21)15-29-26(34)19-13-18-14-20(28)9-12-24(18)35-16-19/h3-6,9,12-14,17,21H,7-8,10-11,15-16H2,1-2H3,(H,29,34)(H,30,31,32). The van der Waals surface area contributed by atoms with E-state index in [0.717, 1.165) is 53.7 Å². The molecule has 1 amide bonds. The number of carbonyl (C=O) groups is 1. The molecular weight excluding hydrogens is 462 g/mol. The molecule has 2 aliphatic rings. The summed E-state index contributed by atoms with van der Waals surface area (Å²) in [4.78, 5) is 24.2. The predicted octanol–water partition coefficient (Wildman–Crippen LogP) is 4.91. The van der Waals surface area contributed by atoms with E-state index in [1.54, 1.807) is 6.07 Å². The number of halogens is 1. The maximum atomic E-state index is 12.7. The molecule has 1 fully saturated rings. The van der Waals surface area contributed by atoms with Gasteiger partial charge in [0, 0.05) is 42.7 Å². The van der Waals surface area contributed by atoms with Crippen molar-refractivity contribution in [1.29, 1.82) is 0 Å². The van der Waals surface area contributed by atoms with Crippen LogP contribution in [0.2, 0.25) is 5.02 Å². The third-order valence-corrected chi connectivity index (χ3v) is 6.95. The molecular formula is C27H30ClN5O2. The summed E-state index contributed by atoms with van der Waals surface area (Å²) in [5.74, 6) is 2.73. The third kappa shape index (κ3) is 5.35. The molecule has 5 rings (SSSR count). The molecule has 3 aromatic rings. The van der Waals surface area contributed by atoms with Gasteiger partial charge in [-0.3, -0.25) is 4.79 Å². The first-order chi connectivity index (χ1) is 17.0. The van der Waals surface area contributed by atoms with Crippen LogP contribution in [0.15, 0.2) is 48.0 Å². The fraction of sp³-hybridized carbons (Fsp3) is 0.370. The van der Waals surface area contributed by atoms with Crippen molar-refractivity contribution < 1.29 is 9.53 Å². The Hall–Kier alpha value is -3.32. The molecule has 35 heavy (non-hydrogen) atoms. The summed E-state index contributed by atoms with van der Waals surface area (Å²) in [6, 6.07) is 13.9. The predicted molar refractivity (Wildman–Crippen MR) is 141 cm³/mol. The van der Waals surface area contributed by atoms with Crippen molar-refractivity contribution in [1.82, 2.24) is 15.3 Å². The van der Waals surface area contributed by atoms with Crippen LogP contribution in [0.4, 0.5) is 11.8 Å². The molecule has 1 aliphatic heterocycles. The number of aromatic nitrogens is 2. The first-order valence-corrected chi connectivity index (χ1v) is 12.5. The molecule has 0 bridgehead atoms. The molecule has 2 N–H and O–H groups in total. The number of anilines is 2. The number of para-hydroxylation sites is 1. The molecule has 1 saturated carbocycles. The molecule has 2 aromatic carbocycles. The van der Waals surface area contributed by atoms with Crippen molar-refractivity contribution in [2.24, 2.45) is 5.92 Å². The van der Waals surface area contributed by atoms with Crippen LogP contribution in [0.1, 0.15) is 31.2 Å². The summed E-state index contributed by atoms with van der Waals surface area (Å²) in [6.07, 6.45) is 5.99. The van der Waals surface area contributed by atoms with Gasteiger partial charge in [-0.05, 0) is 68.0 Å². The highest BCUT2D eigenvalue weighted by Crippen LogP contribution is 2.30. The molecule has 0 radical (unpaired) electrons. The summed E-state index contributed by atoms with van der Waals surface area (Å²) in [5.41, 5.74) is 2.41. The van der Waals surface area contributed by atoms with Crippen LogP contribution in [-0.4, -0.2) is 49.2 Å². The van der Waals surface area contributed by atoms with E-state index >= 15 is 0 Å². The molecule has 0 atom stereocenters. The summed E-state index contributed by atoms with van der Waals surface area (Å²) >= 11 is 6.08. The monoisotopic (exact) mass is 491 g/mol. The van der Waals surface area contributed by atoms with Gasteiger partial charge in [0.05, 0.1) is 11.1 Å². The number of hydrogen-bond donors (Lipinski definition) is 2. The topological polar surface area (TPSA) is 79.4 Å². The van der Waals surface area contributed by atoms with Gasteiger partial charge in [-0.25, -0.2) is 4.98 Å². The highest BCUT2D eigenvalue weighted by Gasteiger charge is 2.24. The van der Waals surface area contributed by atoms with Gasteiger partial charge >= 0.3 is 0 Å². The minimum absolute atomic E-state index is 0.0725. The molecule has 182 valence electrons. The zero-order valence-electron chi connectivity index (χ0n) is 20.1. The van der Waals surface area contributed by atoms with Gasteiger partial charge in [-0.1, -0.05) is 23.7 Å². The second-order valence-electron chi connectivity index (χ2n) is 9.49. The highest BCUT2D eigenvalue weighted by atomic mass is 35.5. The van der Waals surface area contributed by atoms with Crippen LogP contribution in [0.5, 0.6) is 5.75 Å². The zero-order chi connectivity index (χ0) is 24.4. The van der Waals surface area contributed by atoms with Crippen LogP contribution in [0, 0.1) is 5.92 Å². The van der Waals surface area contributed by atoms with Gasteiger partial charge in [0.1, 0.15) is 18.2 Å². The van der Waals surface area contributed by atoms with E-state index in [1.165, 1.54) is 0 Å². The largest absolute Gasteiger partial charge is 0.488 e. The average Bonchev–Trinajstić information content (AvgIpc) is 2.87. The first kappa shape index (κ1) is 23.4. The molecule has 1 aliphatic carbocycles.